The number of rotatable bonds is 8. The lowest BCUT2D eigenvalue weighted by atomic mass is 9.97. The molecule has 2 aliphatic rings. The molecule has 4 heteroatoms. The molecule has 1 aromatic carbocycles. The highest BCUT2D eigenvalue weighted by atomic mass is 19.1. The normalized spacial score (nSPS) is 20.8. The van der Waals surface area contributed by atoms with Crippen molar-refractivity contribution in [3.63, 3.8) is 0 Å². The predicted molar refractivity (Wildman–Crippen MR) is 98.6 cm³/mol. The van der Waals surface area contributed by atoms with Gasteiger partial charge < -0.3 is 10.2 Å². The number of likely N-dealkylation sites (tertiary alicyclic amines) is 1. The van der Waals surface area contributed by atoms with Gasteiger partial charge in [-0.1, -0.05) is 29.8 Å². The second-order valence-corrected chi connectivity index (χ2v) is 7.19. The van der Waals surface area contributed by atoms with Crippen LogP contribution in [0.15, 0.2) is 35.9 Å². The SMILES string of the molecule is O=C1CC[C@H](CCNCc2ccccc2F)N1CCC1=CCCCC1. The van der Waals surface area contributed by atoms with Gasteiger partial charge in [-0.15, -0.1) is 0 Å². The van der Waals surface area contributed by atoms with Crippen molar-refractivity contribution >= 4 is 5.91 Å². The van der Waals surface area contributed by atoms with Gasteiger partial charge in [0.25, 0.3) is 0 Å². The van der Waals surface area contributed by atoms with Gasteiger partial charge in [0.15, 0.2) is 0 Å². The maximum Gasteiger partial charge on any atom is 0.222 e. The van der Waals surface area contributed by atoms with E-state index in [1.54, 1.807) is 6.07 Å². The van der Waals surface area contributed by atoms with Crippen molar-refractivity contribution in [3.8, 4) is 0 Å². The number of carbonyl (C=O) groups excluding carboxylic acids is 1. The van der Waals surface area contributed by atoms with Crippen molar-refractivity contribution < 1.29 is 9.18 Å². The van der Waals surface area contributed by atoms with E-state index in [1.807, 2.05) is 12.1 Å². The fraction of sp³-hybridized carbons (Fsp3) is 0.571. The van der Waals surface area contributed by atoms with Crippen LogP contribution in [0.2, 0.25) is 0 Å². The largest absolute Gasteiger partial charge is 0.339 e. The smallest absolute Gasteiger partial charge is 0.222 e. The van der Waals surface area contributed by atoms with E-state index in [4.69, 9.17) is 0 Å². The minimum absolute atomic E-state index is 0.159. The molecule has 0 spiro atoms. The highest BCUT2D eigenvalue weighted by molar-refractivity contribution is 5.78. The molecule has 3 nitrogen and oxygen atoms in total. The van der Waals surface area contributed by atoms with Gasteiger partial charge in [-0.3, -0.25) is 4.79 Å². The van der Waals surface area contributed by atoms with Crippen LogP contribution in [-0.4, -0.2) is 29.9 Å². The van der Waals surface area contributed by atoms with E-state index in [0.717, 1.165) is 32.4 Å². The van der Waals surface area contributed by atoms with Crippen LogP contribution < -0.4 is 5.32 Å². The number of hydrogen-bond donors (Lipinski definition) is 1. The monoisotopic (exact) mass is 344 g/mol. The average molecular weight is 344 g/mol. The zero-order valence-corrected chi connectivity index (χ0v) is 15.0. The lowest BCUT2D eigenvalue weighted by Gasteiger charge is -2.26. The summed E-state index contributed by atoms with van der Waals surface area (Å²) < 4.78 is 13.6. The molecule has 1 N–H and O–H groups in total. The highest BCUT2D eigenvalue weighted by Gasteiger charge is 2.30. The van der Waals surface area contributed by atoms with Gasteiger partial charge in [-0.05, 0) is 57.6 Å². The maximum absolute atomic E-state index is 13.6. The summed E-state index contributed by atoms with van der Waals surface area (Å²) >= 11 is 0. The Balaban J connectivity index is 1.42. The summed E-state index contributed by atoms with van der Waals surface area (Å²) in [6.45, 7) is 2.22. The van der Waals surface area contributed by atoms with Crippen molar-refractivity contribution in [1.82, 2.24) is 10.2 Å². The average Bonchev–Trinajstić information content (AvgIpc) is 2.99. The van der Waals surface area contributed by atoms with Crippen LogP contribution in [0.1, 0.15) is 56.9 Å². The Hall–Kier alpha value is -1.68. The Morgan fingerprint density at radius 3 is 2.88 bits per heavy atom. The number of halogens is 1. The standard InChI is InChI=1S/C21H29FN2O/c22-20-9-5-4-8-18(20)16-23-14-12-19-10-11-21(25)24(19)15-13-17-6-2-1-3-7-17/h4-6,8-9,19,23H,1-3,7,10-16H2/t19-/m1/s1. The minimum atomic E-state index is -0.159. The number of nitrogens with one attached hydrogen (secondary N) is 1. The Kier molecular flexibility index (Phi) is 6.62. The molecule has 1 saturated heterocycles. The van der Waals surface area contributed by atoms with Crippen LogP contribution in [0.5, 0.6) is 0 Å². The fourth-order valence-electron chi connectivity index (χ4n) is 3.93. The molecule has 0 unspecified atom stereocenters. The van der Waals surface area contributed by atoms with Crippen molar-refractivity contribution in [2.24, 2.45) is 0 Å². The molecule has 1 aromatic rings. The quantitative estimate of drug-likeness (QED) is 0.566. The first-order chi connectivity index (χ1) is 12.2. The summed E-state index contributed by atoms with van der Waals surface area (Å²) in [5.41, 5.74) is 2.23. The van der Waals surface area contributed by atoms with E-state index in [0.29, 0.717) is 30.5 Å². The number of hydrogen-bond acceptors (Lipinski definition) is 2. The van der Waals surface area contributed by atoms with Crippen molar-refractivity contribution in [2.75, 3.05) is 13.1 Å². The summed E-state index contributed by atoms with van der Waals surface area (Å²) in [6, 6.07) is 7.21. The molecule has 1 aliphatic carbocycles. The first-order valence-corrected chi connectivity index (χ1v) is 9.65. The fourth-order valence-corrected chi connectivity index (χ4v) is 3.93. The third-order valence-electron chi connectivity index (χ3n) is 5.44. The molecule has 1 heterocycles. The summed E-state index contributed by atoms with van der Waals surface area (Å²) in [4.78, 5) is 14.3. The van der Waals surface area contributed by atoms with E-state index in [1.165, 1.54) is 37.3 Å². The first kappa shape index (κ1) is 18.1. The van der Waals surface area contributed by atoms with Crippen LogP contribution >= 0.6 is 0 Å². The van der Waals surface area contributed by atoms with Crippen LogP contribution in [0.25, 0.3) is 0 Å². The van der Waals surface area contributed by atoms with E-state index >= 15 is 0 Å². The van der Waals surface area contributed by atoms with Crippen molar-refractivity contribution in [1.29, 1.82) is 0 Å². The first-order valence-electron chi connectivity index (χ1n) is 9.65. The molecular weight excluding hydrogens is 315 g/mol. The van der Waals surface area contributed by atoms with E-state index in [-0.39, 0.29) is 5.82 Å². The van der Waals surface area contributed by atoms with Crippen LogP contribution in [0.3, 0.4) is 0 Å². The van der Waals surface area contributed by atoms with Gasteiger partial charge in [0.2, 0.25) is 5.91 Å². The Labute approximate surface area is 150 Å². The molecule has 1 atom stereocenters. The summed E-state index contributed by atoms with van der Waals surface area (Å²) in [7, 11) is 0. The Morgan fingerprint density at radius 2 is 2.08 bits per heavy atom. The number of benzene rings is 1. The molecule has 136 valence electrons. The lowest BCUT2D eigenvalue weighted by Crippen LogP contribution is -2.36. The molecular formula is C21H29FN2O. The zero-order valence-electron chi connectivity index (χ0n) is 15.0. The number of allylic oxidation sites excluding steroid dienone is 1. The van der Waals surface area contributed by atoms with E-state index in [2.05, 4.69) is 16.3 Å². The number of nitrogens with zero attached hydrogens (tertiary/aromatic N) is 1. The molecule has 3 rings (SSSR count). The summed E-state index contributed by atoms with van der Waals surface area (Å²) in [5.74, 6) is 0.143. The third-order valence-corrected chi connectivity index (χ3v) is 5.44. The van der Waals surface area contributed by atoms with E-state index < -0.39 is 0 Å². The van der Waals surface area contributed by atoms with Gasteiger partial charge >= 0.3 is 0 Å². The van der Waals surface area contributed by atoms with Gasteiger partial charge in [0.05, 0.1) is 0 Å². The van der Waals surface area contributed by atoms with Crippen molar-refractivity contribution in [2.45, 2.75) is 64.0 Å². The summed E-state index contributed by atoms with van der Waals surface area (Å²) in [5, 5.41) is 3.32. The highest BCUT2D eigenvalue weighted by Crippen LogP contribution is 2.25. The topological polar surface area (TPSA) is 32.3 Å². The molecule has 0 bridgehead atoms. The Morgan fingerprint density at radius 1 is 1.20 bits per heavy atom. The van der Waals surface area contributed by atoms with Crippen molar-refractivity contribution in [3.05, 3.63) is 47.3 Å². The minimum Gasteiger partial charge on any atom is -0.339 e. The second kappa shape index (κ2) is 9.14. The van der Waals surface area contributed by atoms with E-state index in [9.17, 15) is 9.18 Å². The Bertz CT molecular complexity index is 614. The molecule has 0 aromatic heterocycles. The molecule has 25 heavy (non-hydrogen) atoms. The molecule has 1 aliphatic heterocycles. The predicted octanol–water partition coefficient (Wildman–Crippen LogP) is 4.19. The van der Waals surface area contributed by atoms with Gasteiger partial charge in [-0.2, -0.15) is 0 Å². The summed E-state index contributed by atoms with van der Waals surface area (Å²) in [6.07, 6.45) is 11.0. The van der Waals surface area contributed by atoms with Crippen LogP contribution in [0, 0.1) is 5.82 Å². The number of amides is 1. The van der Waals surface area contributed by atoms with Crippen LogP contribution in [-0.2, 0) is 11.3 Å². The molecule has 0 saturated carbocycles. The number of carbonyl (C=O) groups is 1. The molecule has 1 amide bonds. The van der Waals surface area contributed by atoms with Gasteiger partial charge in [-0.25, -0.2) is 4.39 Å². The van der Waals surface area contributed by atoms with Crippen LogP contribution in [0.4, 0.5) is 4.39 Å². The zero-order chi connectivity index (χ0) is 17.5. The second-order valence-electron chi connectivity index (χ2n) is 7.19. The van der Waals surface area contributed by atoms with Gasteiger partial charge in [0, 0.05) is 31.1 Å². The third kappa shape index (κ3) is 5.15. The maximum atomic E-state index is 13.6. The molecule has 0 radical (unpaired) electrons. The van der Waals surface area contributed by atoms with Gasteiger partial charge in [0.1, 0.15) is 5.82 Å². The molecule has 1 fully saturated rings. The lowest BCUT2D eigenvalue weighted by molar-refractivity contribution is -0.129.